The van der Waals surface area contributed by atoms with Crippen molar-refractivity contribution in [2.75, 3.05) is 17.8 Å². The molecule has 0 spiro atoms. The van der Waals surface area contributed by atoms with Crippen molar-refractivity contribution < 1.29 is 47.7 Å². The van der Waals surface area contributed by atoms with Gasteiger partial charge in [-0.25, -0.2) is 9.07 Å². The molecule has 6 atom stereocenters. The second-order valence-corrected chi connectivity index (χ2v) is 13.2. The highest BCUT2D eigenvalue weighted by molar-refractivity contribution is 7.70. The lowest BCUT2D eigenvalue weighted by Gasteiger charge is -2.18. The Morgan fingerprint density at radius 3 is 2.53 bits per heavy atom. The van der Waals surface area contributed by atoms with Gasteiger partial charge in [0.2, 0.25) is 5.28 Å². The fraction of sp³-hybridized carbons (Fsp3) is 0.450. The van der Waals surface area contributed by atoms with Crippen LogP contribution in [0.3, 0.4) is 0 Å². The smallest absolute Gasteiger partial charge is 0.340 e. The van der Waals surface area contributed by atoms with E-state index < -0.39 is 52.2 Å². The number of ether oxygens (including phenoxy) is 1. The number of hydrogen-bond acceptors (Lipinski definition) is 10. The third-order valence-electron chi connectivity index (χ3n) is 5.65. The van der Waals surface area contributed by atoms with Crippen LogP contribution in [0.5, 0.6) is 0 Å². The van der Waals surface area contributed by atoms with E-state index in [9.17, 15) is 28.6 Å². The molecular formula is C20H25ClFN5O9P2. The molecule has 1 unspecified atom stereocenters. The first-order chi connectivity index (χ1) is 17.7. The average molecular weight is 596 g/mol. The minimum absolute atomic E-state index is 0.147. The predicted octanol–water partition coefficient (Wildman–Crippen LogP) is 1.62. The molecular weight excluding hydrogens is 571 g/mol. The number of aliphatic hydroxyl groups is 2. The molecule has 4 rings (SSSR count). The van der Waals surface area contributed by atoms with Gasteiger partial charge in [-0.15, -0.1) is 0 Å². The molecule has 3 aromatic rings. The number of rotatable bonds is 10. The van der Waals surface area contributed by atoms with Crippen LogP contribution in [-0.2, 0) is 24.8 Å². The van der Waals surface area contributed by atoms with Crippen LogP contribution in [0.25, 0.3) is 11.0 Å². The van der Waals surface area contributed by atoms with E-state index in [0.29, 0.717) is 17.6 Å². The summed E-state index contributed by atoms with van der Waals surface area (Å²) in [5, 5.41) is 28.6. The highest BCUT2D eigenvalue weighted by atomic mass is 35.5. The molecule has 0 radical (unpaired) electrons. The highest BCUT2D eigenvalue weighted by Crippen LogP contribution is 2.55. The van der Waals surface area contributed by atoms with Crippen LogP contribution >= 0.6 is 26.8 Å². The van der Waals surface area contributed by atoms with Crippen LogP contribution in [0, 0.1) is 5.82 Å². The Hall–Kier alpha value is -2.03. The second-order valence-electron chi connectivity index (χ2n) is 8.83. The van der Waals surface area contributed by atoms with Gasteiger partial charge in [0, 0.05) is 6.04 Å². The predicted molar refractivity (Wildman–Crippen MR) is 132 cm³/mol. The number of halogens is 2. The van der Waals surface area contributed by atoms with Crippen LogP contribution in [0.1, 0.15) is 18.7 Å². The molecule has 0 amide bonds. The van der Waals surface area contributed by atoms with Crippen LogP contribution in [-0.4, -0.2) is 81.5 Å². The third kappa shape index (κ3) is 6.93. The number of nitrogens with one attached hydrogen (secondary N) is 1. The fourth-order valence-corrected chi connectivity index (χ4v) is 6.72. The minimum Gasteiger partial charge on any atom is -0.387 e. The third-order valence-corrected chi connectivity index (χ3v) is 9.27. The molecule has 208 valence electrons. The molecule has 38 heavy (non-hydrogen) atoms. The van der Waals surface area contributed by atoms with Crippen LogP contribution < -0.4 is 5.32 Å². The maximum absolute atomic E-state index is 13.2. The zero-order chi connectivity index (χ0) is 27.8. The van der Waals surface area contributed by atoms with E-state index >= 15 is 0 Å². The molecule has 0 saturated carbocycles. The summed E-state index contributed by atoms with van der Waals surface area (Å²) in [6.07, 6.45) is -3.89. The lowest BCUT2D eigenvalue weighted by atomic mass is 10.1. The highest BCUT2D eigenvalue weighted by Gasteiger charge is 2.46. The largest absolute Gasteiger partial charge is 0.387 e. The summed E-state index contributed by atoms with van der Waals surface area (Å²) in [5.74, 6) is -1.43. The van der Waals surface area contributed by atoms with Gasteiger partial charge in [0.25, 0.3) is 0 Å². The van der Waals surface area contributed by atoms with Gasteiger partial charge < -0.3 is 39.5 Å². The molecule has 1 aliphatic rings. The summed E-state index contributed by atoms with van der Waals surface area (Å²) in [6, 6.07) is 5.89. The number of aromatic nitrogens is 4. The van der Waals surface area contributed by atoms with E-state index in [1.54, 1.807) is 12.1 Å². The minimum atomic E-state index is -4.85. The Morgan fingerprint density at radius 1 is 1.18 bits per heavy atom. The summed E-state index contributed by atoms with van der Waals surface area (Å²) in [6.45, 7) is 1.14. The van der Waals surface area contributed by atoms with Crippen molar-refractivity contribution in [3.8, 4) is 0 Å². The Kier molecular flexibility index (Phi) is 8.55. The summed E-state index contributed by atoms with van der Waals surface area (Å²) >= 11 is 6.13. The van der Waals surface area contributed by atoms with E-state index in [1.807, 2.05) is 6.92 Å². The van der Waals surface area contributed by atoms with Crippen molar-refractivity contribution >= 4 is 43.6 Å². The normalized spacial score (nSPS) is 24.4. The van der Waals surface area contributed by atoms with E-state index in [1.165, 1.54) is 18.3 Å². The van der Waals surface area contributed by atoms with Crippen LogP contribution in [0.4, 0.5) is 10.2 Å². The zero-order valence-electron chi connectivity index (χ0n) is 19.7. The topological polar surface area (TPSA) is 209 Å². The van der Waals surface area contributed by atoms with Crippen molar-refractivity contribution in [2.45, 2.75) is 43.9 Å². The van der Waals surface area contributed by atoms with Crippen molar-refractivity contribution in [1.29, 1.82) is 0 Å². The van der Waals surface area contributed by atoms with Crippen LogP contribution in [0.2, 0.25) is 5.28 Å². The van der Waals surface area contributed by atoms with E-state index in [-0.39, 0.29) is 22.8 Å². The zero-order valence-corrected chi connectivity index (χ0v) is 22.2. The number of aliphatic hydroxyl groups excluding tert-OH is 2. The fourth-order valence-electron chi connectivity index (χ4n) is 3.99. The molecule has 2 aromatic heterocycles. The first kappa shape index (κ1) is 29.0. The quantitative estimate of drug-likeness (QED) is 0.146. The molecule has 1 saturated heterocycles. The maximum atomic E-state index is 13.2. The van der Waals surface area contributed by atoms with Crippen molar-refractivity contribution in [3.63, 3.8) is 0 Å². The molecule has 0 aliphatic carbocycles. The lowest BCUT2D eigenvalue weighted by molar-refractivity contribution is -0.0541. The Bertz CT molecular complexity index is 1390. The Morgan fingerprint density at radius 2 is 1.87 bits per heavy atom. The van der Waals surface area contributed by atoms with Gasteiger partial charge in [-0.2, -0.15) is 15.1 Å². The summed E-state index contributed by atoms with van der Waals surface area (Å²) in [4.78, 5) is 35.8. The maximum Gasteiger partial charge on any atom is 0.340 e. The number of hydrogen-bond donors (Lipinski definition) is 6. The number of benzene rings is 1. The van der Waals surface area contributed by atoms with Gasteiger partial charge in [-0.05, 0) is 42.6 Å². The van der Waals surface area contributed by atoms with E-state index in [0.717, 1.165) is 10.2 Å². The van der Waals surface area contributed by atoms with Gasteiger partial charge in [0.05, 0.1) is 18.2 Å². The van der Waals surface area contributed by atoms with Gasteiger partial charge in [0.15, 0.2) is 17.8 Å². The van der Waals surface area contributed by atoms with Gasteiger partial charge in [0.1, 0.15) is 29.9 Å². The summed E-state index contributed by atoms with van der Waals surface area (Å²) < 4.78 is 47.6. The Labute approximate surface area is 220 Å². The molecule has 1 fully saturated rings. The van der Waals surface area contributed by atoms with Gasteiger partial charge in [-0.1, -0.05) is 12.1 Å². The van der Waals surface area contributed by atoms with Crippen molar-refractivity contribution in [2.24, 2.45) is 0 Å². The van der Waals surface area contributed by atoms with E-state index in [4.69, 9.17) is 30.6 Å². The first-order valence-electron chi connectivity index (χ1n) is 11.2. The molecule has 1 aliphatic heterocycles. The molecule has 3 heterocycles. The number of nitrogens with zero attached hydrogens (tertiary/aromatic N) is 4. The summed E-state index contributed by atoms with van der Waals surface area (Å²) in [7, 11) is -9.56. The number of anilines is 1. The van der Waals surface area contributed by atoms with Crippen molar-refractivity contribution in [3.05, 3.63) is 47.1 Å². The first-order valence-corrected chi connectivity index (χ1v) is 15.1. The molecule has 18 heteroatoms. The van der Waals surface area contributed by atoms with Gasteiger partial charge in [-0.3, -0.25) is 9.13 Å². The van der Waals surface area contributed by atoms with E-state index in [2.05, 4.69) is 20.4 Å². The second kappa shape index (κ2) is 11.2. The molecule has 6 N–H and O–H groups in total. The number of fused-ring (bicyclic) bond motifs is 1. The lowest BCUT2D eigenvalue weighted by Crippen LogP contribution is -2.33. The van der Waals surface area contributed by atoms with Gasteiger partial charge >= 0.3 is 15.2 Å². The average Bonchev–Trinajstić information content (AvgIpc) is 3.33. The standard InChI is InChI=1S/C20H25ClFN5O9P2/c1-10(6-11-2-4-12(22)5-3-11)24-17-13-7-23-27(18(13)26-20(21)25-17)19-16(29)15(28)14(36-19)8-35-38(33,34)9-37(30,31)32/h2-5,7,10,14-16,19,28-29H,6,8-9H2,1H3,(H,33,34)(H,24,25,26)(H2,30,31,32)/t10-,14-,15-,16-,19-/m1/s1. The van der Waals surface area contributed by atoms with Crippen LogP contribution in [0.15, 0.2) is 30.5 Å². The molecule has 0 bridgehead atoms. The monoisotopic (exact) mass is 595 g/mol. The molecule has 14 nitrogen and oxygen atoms in total. The Balaban J connectivity index is 1.51. The SMILES string of the molecule is C[C@H](Cc1ccc(F)cc1)Nc1nc(Cl)nc2c1cnn2[C@@H]1O[C@H](COP(=O)(O)CP(=O)(O)O)[C@@H](O)[C@H]1O. The molecule has 1 aromatic carbocycles. The summed E-state index contributed by atoms with van der Waals surface area (Å²) in [5.41, 5.74) is 1.03. The van der Waals surface area contributed by atoms with Crippen molar-refractivity contribution in [1.82, 2.24) is 19.7 Å².